The van der Waals surface area contributed by atoms with Crippen LogP contribution in [0.25, 0.3) is 6.08 Å². The number of nitrogens with zero attached hydrogens (tertiary/aromatic N) is 1. The summed E-state index contributed by atoms with van der Waals surface area (Å²) in [5.74, 6) is -0.0126. The summed E-state index contributed by atoms with van der Waals surface area (Å²) in [6.07, 6.45) is 3.04. The number of aliphatic hydroxyl groups excluding tert-OH is 1. The van der Waals surface area contributed by atoms with Gasteiger partial charge in [0, 0.05) is 42.3 Å². The first-order chi connectivity index (χ1) is 19.3. The van der Waals surface area contributed by atoms with Gasteiger partial charge in [-0.15, -0.1) is 22.1 Å². The summed E-state index contributed by atoms with van der Waals surface area (Å²) >= 11 is 1.62. The van der Waals surface area contributed by atoms with Crippen LogP contribution < -0.4 is 20.3 Å². The zero-order valence-electron chi connectivity index (χ0n) is 22.9. The summed E-state index contributed by atoms with van der Waals surface area (Å²) in [5.41, 5.74) is 3.83. The fraction of sp³-hybridized carbons (Fsp3) is 0.367. The standard InChI is InChI=1S/C30H40N4O4S2/c1-3-27-14-23(21-39-27)19-31-20-29(35)28(15-22-10-6-5-7-11-22)33-30(36)24-16-25(32-4-2)18-26(17-24)34-12-8-9-13-40(34,37)38/h3,5-7,10-11,14,16-18,21,28-29,31-32,35,37-38H,1,4,8-9,12-13,15,19-20H2,2H3,(H,33,36)/t28-,29-/m0/s1. The molecule has 2 atom stereocenters. The normalized spacial score (nSPS) is 17.1. The monoisotopic (exact) mass is 584 g/mol. The quantitative estimate of drug-likeness (QED) is 0.155. The fourth-order valence-electron chi connectivity index (χ4n) is 4.80. The lowest BCUT2D eigenvalue weighted by Crippen LogP contribution is -2.48. The van der Waals surface area contributed by atoms with Crippen LogP contribution in [0, 0.1) is 0 Å². The summed E-state index contributed by atoms with van der Waals surface area (Å²) in [7, 11) is -2.94. The molecular formula is C30H40N4O4S2. The second kappa shape index (κ2) is 14.2. The van der Waals surface area contributed by atoms with E-state index in [-0.39, 0.29) is 5.91 Å². The maximum absolute atomic E-state index is 13.6. The highest BCUT2D eigenvalue weighted by Crippen LogP contribution is 2.50. The minimum atomic E-state index is -2.94. The Bertz CT molecular complexity index is 1270. The number of anilines is 2. The van der Waals surface area contributed by atoms with Crippen molar-refractivity contribution in [3.05, 3.63) is 88.1 Å². The maximum Gasteiger partial charge on any atom is 0.251 e. The Morgan fingerprint density at radius 1 is 1.15 bits per heavy atom. The van der Waals surface area contributed by atoms with Gasteiger partial charge >= 0.3 is 0 Å². The highest BCUT2D eigenvalue weighted by atomic mass is 32.3. The predicted octanol–water partition coefficient (Wildman–Crippen LogP) is 5.58. The summed E-state index contributed by atoms with van der Waals surface area (Å²) < 4.78 is 23.0. The van der Waals surface area contributed by atoms with E-state index in [0.717, 1.165) is 34.5 Å². The Morgan fingerprint density at radius 3 is 2.65 bits per heavy atom. The molecular weight excluding hydrogens is 544 g/mol. The van der Waals surface area contributed by atoms with E-state index in [1.165, 1.54) is 0 Å². The average Bonchev–Trinajstić information content (AvgIpc) is 3.41. The van der Waals surface area contributed by atoms with E-state index >= 15 is 0 Å². The number of carbonyl (C=O) groups excluding carboxylic acids is 1. The third-order valence-corrected chi connectivity index (χ3v) is 9.78. The number of hydrogen-bond donors (Lipinski definition) is 6. The molecule has 1 aliphatic rings. The van der Waals surface area contributed by atoms with E-state index in [2.05, 4.69) is 34.0 Å². The van der Waals surface area contributed by atoms with Crippen LogP contribution in [0.4, 0.5) is 11.4 Å². The van der Waals surface area contributed by atoms with Gasteiger partial charge in [0.15, 0.2) is 0 Å². The topological polar surface area (TPSA) is 117 Å². The Morgan fingerprint density at radius 2 is 1.95 bits per heavy atom. The molecule has 0 saturated carbocycles. The highest BCUT2D eigenvalue weighted by Gasteiger charge is 2.28. The summed E-state index contributed by atoms with van der Waals surface area (Å²) in [5, 5.41) is 22.9. The Kier molecular flexibility index (Phi) is 10.7. The molecule has 2 aromatic carbocycles. The molecule has 1 aromatic heterocycles. The van der Waals surface area contributed by atoms with Gasteiger partial charge in [-0.05, 0) is 67.0 Å². The van der Waals surface area contributed by atoms with Crippen molar-refractivity contribution >= 4 is 45.5 Å². The molecule has 6 N–H and O–H groups in total. The molecule has 4 rings (SSSR count). The smallest absolute Gasteiger partial charge is 0.251 e. The minimum absolute atomic E-state index is 0.300. The van der Waals surface area contributed by atoms with Crippen LogP contribution in [0.15, 0.2) is 66.6 Å². The highest BCUT2D eigenvalue weighted by molar-refractivity contribution is 8.25. The summed E-state index contributed by atoms with van der Waals surface area (Å²) in [6, 6.07) is 16.6. The van der Waals surface area contributed by atoms with E-state index in [9.17, 15) is 19.0 Å². The van der Waals surface area contributed by atoms with Crippen LogP contribution in [-0.2, 0) is 13.0 Å². The van der Waals surface area contributed by atoms with Crippen LogP contribution in [0.5, 0.6) is 0 Å². The van der Waals surface area contributed by atoms with Gasteiger partial charge in [-0.3, -0.25) is 18.2 Å². The molecule has 0 bridgehead atoms. The van der Waals surface area contributed by atoms with Gasteiger partial charge in [0.05, 0.1) is 23.6 Å². The van der Waals surface area contributed by atoms with Crippen molar-refractivity contribution < 1.29 is 19.0 Å². The third-order valence-electron chi connectivity index (χ3n) is 6.87. The number of thiophene rings is 1. The van der Waals surface area contributed by atoms with E-state index in [1.807, 2.05) is 49.4 Å². The average molecular weight is 585 g/mol. The molecule has 0 aliphatic carbocycles. The number of benzene rings is 2. The number of nitrogens with one attached hydrogen (secondary N) is 3. The zero-order chi connectivity index (χ0) is 28.5. The third kappa shape index (κ3) is 8.09. The van der Waals surface area contributed by atoms with Gasteiger partial charge in [-0.1, -0.05) is 43.0 Å². The summed E-state index contributed by atoms with van der Waals surface area (Å²) in [6.45, 7) is 7.84. The Hall–Kier alpha value is -2.86. The second-order valence-corrected chi connectivity index (χ2v) is 13.0. The van der Waals surface area contributed by atoms with Gasteiger partial charge in [0.2, 0.25) is 0 Å². The molecule has 1 amide bonds. The SMILES string of the molecule is C=Cc1cc(CNC[C@H](O)[C@H](Cc2ccccc2)NC(=O)c2cc(NCC)cc(N3CCCCS3(O)O)c2)cs1. The predicted molar refractivity (Wildman–Crippen MR) is 168 cm³/mol. The first kappa shape index (κ1) is 30.1. The molecule has 1 fully saturated rings. The van der Waals surface area contributed by atoms with Gasteiger partial charge in [-0.25, -0.2) is 0 Å². The Labute approximate surface area is 242 Å². The van der Waals surface area contributed by atoms with E-state index in [1.54, 1.807) is 27.8 Å². The molecule has 10 heteroatoms. The van der Waals surface area contributed by atoms with E-state index < -0.39 is 22.9 Å². The van der Waals surface area contributed by atoms with E-state index in [0.29, 0.717) is 49.6 Å². The van der Waals surface area contributed by atoms with Crippen molar-refractivity contribution in [1.82, 2.24) is 10.6 Å². The molecule has 1 saturated heterocycles. The Balaban J connectivity index is 1.52. The van der Waals surface area contributed by atoms with Crippen molar-refractivity contribution in [2.45, 2.75) is 44.9 Å². The van der Waals surface area contributed by atoms with Gasteiger partial charge in [0.25, 0.3) is 5.91 Å². The largest absolute Gasteiger partial charge is 0.390 e. The molecule has 2 heterocycles. The maximum atomic E-state index is 13.6. The number of rotatable bonds is 13. The molecule has 8 nitrogen and oxygen atoms in total. The number of hydrogen-bond acceptors (Lipinski definition) is 8. The van der Waals surface area contributed by atoms with Crippen LogP contribution in [0.2, 0.25) is 0 Å². The lowest BCUT2D eigenvalue weighted by atomic mass is 10.00. The van der Waals surface area contributed by atoms with Gasteiger partial charge in [-0.2, -0.15) is 0 Å². The fourth-order valence-corrected chi connectivity index (χ4v) is 7.23. The van der Waals surface area contributed by atoms with Gasteiger partial charge < -0.3 is 21.1 Å². The van der Waals surface area contributed by atoms with Crippen molar-refractivity contribution in [3.63, 3.8) is 0 Å². The molecule has 216 valence electrons. The minimum Gasteiger partial charge on any atom is -0.390 e. The van der Waals surface area contributed by atoms with Crippen molar-refractivity contribution in [1.29, 1.82) is 0 Å². The number of carbonyl (C=O) groups is 1. The van der Waals surface area contributed by atoms with Gasteiger partial charge in [0.1, 0.15) is 0 Å². The molecule has 3 aromatic rings. The molecule has 0 radical (unpaired) electrons. The molecule has 1 aliphatic heterocycles. The van der Waals surface area contributed by atoms with Crippen molar-refractivity contribution in [2.24, 2.45) is 0 Å². The molecule has 0 unspecified atom stereocenters. The summed E-state index contributed by atoms with van der Waals surface area (Å²) in [4.78, 5) is 14.7. The van der Waals surface area contributed by atoms with Crippen LogP contribution in [0.1, 0.15) is 46.1 Å². The van der Waals surface area contributed by atoms with Crippen LogP contribution >= 0.6 is 22.1 Å². The first-order valence-corrected chi connectivity index (χ1v) is 16.2. The molecule has 40 heavy (non-hydrogen) atoms. The number of amides is 1. The lowest BCUT2D eigenvalue weighted by molar-refractivity contribution is 0.0830. The number of aliphatic hydroxyl groups is 1. The molecule has 0 spiro atoms. The van der Waals surface area contributed by atoms with Crippen molar-refractivity contribution in [2.75, 3.05) is 35.0 Å². The van der Waals surface area contributed by atoms with Crippen LogP contribution in [0.3, 0.4) is 0 Å². The lowest BCUT2D eigenvalue weighted by Gasteiger charge is -2.47. The zero-order valence-corrected chi connectivity index (χ0v) is 24.5. The van der Waals surface area contributed by atoms with E-state index in [4.69, 9.17) is 0 Å². The second-order valence-electron chi connectivity index (χ2n) is 9.97. The first-order valence-electron chi connectivity index (χ1n) is 13.6. The van der Waals surface area contributed by atoms with Crippen molar-refractivity contribution in [3.8, 4) is 0 Å². The van der Waals surface area contributed by atoms with Crippen LogP contribution in [-0.4, -0.2) is 57.7 Å².